The lowest BCUT2D eigenvalue weighted by atomic mass is 9.82. The van der Waals surface area contributed by atoms with Crippen molar-refractivity contribution in [3.63, 3.8) is 0 Å². The Morgan fingerprint density at radius 3 is 2.56 bits per heavy atom. The molecule has 25 heavy (non-hydrogen) atoms. The predicted octanol–water partition coefficient (Wildman–Crippen LogP) is 4.42. The molecular weight excluding hydrogens is 336 g/mol. The molecule has 0 saturated carbocycles. The molecule has 1 aliphatic rings. The molecule has 0 aliphatic carbocycles. The molecule has 122 valence electrons. The smallest absolute Gasteiger partial charge is 0.205 e. The highest BCUT2D eigenvalue weighted by atomic mass is 35.5. The van der Waals surface area contributed by atoms with Crippen molar-refractivity contribution in [2.45, 2.75) is 5.92 Å². The summed E-state index contributed by atoms with van der Waals surface area (Å²) in [6.45, 7) is 0. The summed E-state index contributed by atoms with van der Waals surface area (Å²) >= 11 is 5.99. The van der Waals surface area contributed by atoms with Crippen LogP contribution in [0, 0.1) is 11.3 Å². The SMILES string of the molecule is N#CC1=C(N)Oc2c(ccc3cc(O)ccc23)C1c1ccc(Cl)cc1. The fourth-order valence-electron chi connectivity index (χ4n) is 3.23. The Balaban J connectivity index is 1.99. The van der Waals surface area contributed by atoms with Crippen LogP contribution >= 0.6 is 11.6 Å². The van der Waals surface area contributed by atoms with Gasteiger partial charge < -0.3 is 15.6 Å². The summed E-state index contributed by atoms with van der Waals surface area (Å²) in [6, 6.07) is 18.4. The molecule has 4 nitrogen and oxygen atoms in total. The lowest BCUT2D eigenvalue weighted by Gasteiger charge is -2.27. The van der Waals surface area contributed by atoms with Gasteiger partial charge in [0.25, 0.3) is 0 Å². The first-order valence-electron chi connectivity index (χ1n) is 7.67. The molecule has 1 unspecified atom stereocenters. The number of benzene rings is 3. The summed E-state index contributed by atoms with van der Waals surface area (Å²) in [5.74, 6) is 0.549. The minimum atomic E-state index is -0.329. The number of ether oxygens (including phenoxy) is 1. The van der Waals surface area contributed by atoms with Crippen molar-refractivity contribution < 1.29 is 9.84 Å². The molecule has 0 aromatic heterocycles. The van der Waals surface area contributed by atoms with Crippen LogP contribution in [0.4, 0.5) is 0 Å². The molecule has 4 rings (SSSR count). The zero-order valence-electron chi connectivity index (χ0n) is 13.0. The molecule has 1 atom stereocenters. The van der Waals surface area contributed by atoms with Gasteiger partial charge >= 0.3 is 0 Å². The molecule has 3 aromatic rings. The molecule has 0 saturated heterocycles. The number of hydrogen-bond donors (Lipinski definition) is 2. The van der Waals surface area contributed by atoms with Gasteiger partial charge in [0, 0.05) is 16.0 Å². The van der Waals surface area contributed by atoms with Crippen molar-refractivity contribution in [1.82, 2.24) is 0 Å². The molecule has 0 spiro atoms. The molecule has 0 bridgehead atoms. The Bertz CT molecular complexity index is 1070. The second-order valence-electron chi connectivity index (χ2n) is 5.87. The normalized spacial score (nSPS) is 16.2. The predicted molar refractivity (Wildman–Crippen MR) is 96.4 cm³/mol. The van der Waals surface area contributed by atoms with Gasteiger partial charge in [-0.3, -0.25) is 0 Å². The van der Waals surface area contributed by atoms with E-state index in [0.717, 1.165) is 21.9 Å². The van der Waals surface area contributed by atoms with Crippen LogP contribution in [0.2, 0.25) is 5.02 Å². The lowest BCUT2D eigenvalue weighted by molar-refractivity contribution is 0.398. The maximum Gasteiger partial charge on any atom is 0.205 e. The molecule has 1 aliphatic heterocycles. The van der Waals surface area contributed by atoms with E-state index in [9.17, 15) is 10.4 Å². The van der Waals surface area contributed by atoms with Crippen molar-refractivity contribution in [1.29, 1.82) is 5.26 Å². The molecule has 0 fully saturated rings. The summed E-state index contributed by atoms with van der Waals surface area (Å²) in [4.78, 5) is 0. The second-order valence-corrected chi connectivity index (χ2v) is 6.30. The van der Waals surface area contributed by atoms with E-state index in [1.54, 1.807) is 30.3 Å². The number of nitrogens with two attached hydrogens (primary N) is 1. The maximum atomic E-state index is 9.69. The van der Waals surface area contributed by atoms with Gasteiger partial charge in [-0.25, -0.2) is 0 Å². The highest BCUT2D eigenvalue weighted by molar-refractivity contribution is 6.30. The summed E-state index contributed by atoms with van der Waals surface area (Å²) in [7, 11) is 0. The third kappa shape index (κ3) is 2.46. The molecule has 5 heteroatoms. The van der Waals surface area contributed by atoms with Gasteiger partial charge in [0.2, 0.25) is 5.88 Å². The molecule has 3 N–H and O–H groups in total. The van der Waals surface area contributed by atoms with E-state index >= 15 is 0 Å². The van der Waals surface area contributed by atoms with E-state index in [4.69, 9.17) is 22.1 Å². The van der Waals surface area contributed by atoms with E-state index in [1.165, 1.54) is 0 Å². The first-order valence-corrected chi connectivity index (χ1v) is 8.05. The topological polar surface area (TPSA) is 79.3 Å². The molecule has 0 radical (unpaired) electrons. The standard InChI is InChI=1S/C20H13ClN2O2/c21-13-4-1-11(2-5-13)18-16-7-3-12-9-14(24)6-8-15(12)19(16)25-20(23)17(18)10-22/h1-9,18,24H,23H2. The van der Waals surface area contributed by atoms with Crippen LogP contribution in [-0.4, -0.2) is 5.11 Å². The van der Waals surface area contributed by atoms with Crippen LogP contribution < -0.4 is 10.5 Å². The Labute approximate surface area is 149 Å². The number of aromatic hydroxyl groups is 1. The highest BCUT2D eigenvalue weighted by Gasteiger charge is 2.31. The summed E-state index contributed by atoms with van der Waals surface area (Å²) in [6.07, 6.45) is 0. The molecular formula is C20H13ClN2O2. The fourth-order valence-corrected chi connectivity index (χ4v) is 3.36. The number of phenolic OH excluding ortho intramolecular Hbond substituents is 1. The zero-order chi connectivity index (χ0) is 17.6. The molecule has 3 aromatic carbocycles. The van der Waals surface area contributed by atoms with E-state index < -0.39 is 0 Å². The first-order chi connectivity index (χ1) is 12.1. The fraction of sp³-hybridized carbons (Fsp3) is 0.0500. The van der Waals surface area contributed by atoms with Gasteiger partial charge in [-0.15, -0.1) is 0 Å². The number of halogens is 1. The number of rotatable bonds is 1. The number of nitriles is 1. The lowest BCUT2D eigenvalue weighted by Crippen LogP contribution is -2.21. The van der Waals surface area contributed by atoms with Gasteiger partial charge in [-0.05, 0) is 41.3 Å². The van der Waals surface area contributed by atoms with E-state index in [1.807, 2.05) is 24.3 Å². The van der Waals surface area contributed by atoms with E-state index in [0.29, 0.717) is 16.3 Å². The van der Waals surface area contributed by atoms with Crippen LogP contribution in [0.5, 0.6) is 11.5 Å². The highest BCUT2D eigenvalue weighted by Crippen LogP contribution is 2.45. The summed E-state index contributed by atoms with van der Waals surface area (Å²) in [5.41, 5.74) is 8.17. The number of hydrogen-bond acceptors (Lipinski definition) is 4. The van der Waals surface area contributed by atoms with E-state index in [2.05, 4.69) is 6.07 Å². The average Bonchev–Trinajstić information content (AvgIpc) is 2.61. The summed E-state index contributed by atoms with van der Waals surface area (Å²) in [5, 5.41) is 21.6. The number of nitrogens with zero attached hydrogens (tertiary/aromatic N) is 1. The second kappa shape index (κ2) is 5.73. The van der Waals surface area contributed by atoms with Crippen molar-refractivity contribution in [2.24, 2.45) is 5.73 Å². The summed E-state index contributed by atoms with van der Waals surface area (Å²) < 4.78 is 5.79. The van der Waals surface area contributed by atoms with Crippen LogP contribution in [0.25, 0.3) is 10.8 Å². The minimum absolute atomic E-state index is 0.0931. The zero-order valence-corrected chi connectivity index (χ0v) is 13.8. The van der Waals surface area contributed by atoms with Crippen LogP contribution in [0.3, 0.4) is 0 Å². The molecule has 0 amide bonds. The Morgan fingerprint density at radius 1 is 1.08 bits per heavy atom. The van der Waals surface area contributed by atoms with Crippen molar-refractivity contribution in [2.75, 3.05) is 0 Å². The maximum absolute atomic E-state index is 9.69. The van der Waals surface area contributed by atoms with Gasteiger partial charge in [0.1, 0.15) is 23.1 Å². The van der Waals surface area contributed by atoms with Crippen LogP contribution in [0.15, 0.2) is 66.1 Å². The third-order valence-electron chi connectivity index (χ3n) is 4.39. The Hall–Kier alpha value is -3.16. The Kier molecular flexibility index (Phi) is 3.52. The Morgan fingerprint density at radius 2 is 1.84 bits per heavy atom. The van der Waals surface area contributed by atoms with Gasteiger partial charge in [0.05, 0.1) is 5.92 Å². The van der Waals surface area contributed by atoms with Gasteiger partial charge in [0.15, 0.2) is 0 Å². The largest absolute Gasteiger partial charge is 0.508 e. The molecule has 1 heterocycles. The van der Waals surface area contributed by atoms with Crippen molar-refractivity contribution in [3.05, 3.63) is 82.2 Å². The van der Waals surface area contributed by atoms with E-state index in [-0.39, 0.29) is 17.6 Å². The average molecular weight is 349 g/mol. The van der Waals surface area contributed by atoms with Crippen molar-refractivity contribution in [3.8, 4) is 17.6 Å². The van der Waals surface area contributed by atoms with Gasteiger partial charge in [-0.1, -0.05) is 35.9 Å². The monoisotopic (exact) mass is 348 g/mol. The third-order valence-corrected chi connectivity index (χ3v) is 4.64. The first kappa shape index (κ1) is 15.4. The number of fused-ring (bicyclic) bond motifs is 3. The number of phenols is 1. The van der Waals surface area contributed by atoms with Crippen LogP contribution in [-0.2, 0) is 0 Å². The quantitative estimate of drug-likeness (QED) is 0.682. The minimum Gasteiger partial charge on any atom is -0.508 e. The van der Waals surface area contributed by atoms with Gasteiger partial charge in [-0.2, -0.15) is 5.26 Å². The number of allylic oxidation sites excluding steroid dienone is 1. The van der Waals surface area contributed by atoms with Crippen molar-refractivity contribution >= 4 is 22.4 Å². The van der Waals surface area contributed by atoms with Crippen LogP contribution in [0.1, 0.15) is 17.0 Å².